The van der Waals surface area contributed by atoms with Gasteiger partial charge in [0.2, 0.25) is 15.9 Å². The van der Waals surface area contributed by atoms with Gasteiger partial charge in [-0.3, -0.25) is 4.79 Å². The number of benzene rings is 1. The van der Waals surface area contributed by atoms with Crippen LogP contribution in [-0.2, 0) is 19.6 Å². The van der Waals surface area contributed by atoms with E-state index >= 15 is 0 Å². The van der Waals surface area contributed by atoms with Crippen molar-refractivity contribution in [2.75, 3.05) is 46.5 Å². The molecule has 0 N–H and O–H groups in total. The first-order chi connectivity index (χ1) is 12.0. The van der Waals surface area contributed by atoms with Crippen molar-refractivity contribution in [2.24, 2.45) is 5.92 Å². The molecule has 1 aromatic rings. The van der Waals surface area contributed by atoms with Crippen molar-refractivity contribution in [1.82, 2.24) is 9.21 Å². The zero-order chi connectivity index (χ0) is 17.9. The van der Waals surface area contributed by atoms with Crippen LogP contribution in [0.15, 0.2) is 29.2 Å². The Morgan fingerprint density at radius 2 is 1.84 bits per heavy atom. The quantitative estimate of drug-likeness (QED) is 0.791. The Morgan fingerprint density at radius 3 is 2.48 bits per heavy atom. The number of hydrogen-bond donors (Lipinski definition) is 0. The van der Waals surface area contributed by atoms with Gasteiger partial charge in [-0.25, -0.2) is 8.42 Å². The molecule has 0 saturated carbocycles. The lowest BCUT2D eigenvalue weighted by molar-refractivity contribution is -0.140. The number of carbonyl (C=O) groups is 1. The summed E-state index contributed by atoms with van der Waals surface area (Å²) < 4.78 is 37.5. The molecule has 0 aromatic heterocycles. The first kappa shape index (κ1) is 18.2. The summed E-state index contributed by atoms with van der Waals surface area (Å²) >= 11 is 0. The highest BCUT2D eigenvalue weighted by Gasteiger charge is 2.35. The molecule has 0 aliphatic carbocycles. The number of ether oxygens (including phenoxy) is 2. The van der Waals surface area contributed by atoms with Crippen LogP contribution < -0.4 is 4.74 Å². The third kappa shape index (κ3) is 3.96. The minimum atomic E-state index is -3.60. The van der Waals surface area contributed by atoms with Gasteiger partial charge in [-0.2, -0.15) is 4.31 Å². The minimum Gasteiger partial charge on any atom is -0.497 e. The van der Waals surface area contributed by atoms with Gasteiger partial charge in [-0.15, -0.1) is 0 Å². The predicted octanol–water partition coefficient (Wildman–Crippen LogP) is 0.955. The van der Waals surface area contributed by atoms with Gasteiger partial charge in [-0.1, -0.05) is 0 Å². The van der Waals surface area contributed by atoms with Crippen LogP contribution in [0.5, 0.6) is 5.75 Å². The third-order valence-corrected chi connectivity index (χ3v) is 6.63. The fourth-order valence-corrected chi connectivity index (χ4v) is 4.82. The molecule has 0 unspecified atom stereocenters. The average molecular weight is 368 g/mol. The molecule has 2 fully saturated rings. The number of nitrogens with zero attached hydrogens (tertiary/aromatic N) is 2. The topological polar surface area (TPSA) is 76.2 Å². The highest BCUT2D eigenvalue weighted by Crippen LogP contribution is 2.26. The Balaban J connectivity index is 1.71. The molecule has 2 heterocycles. The molecule has 25 heavy (non-hydrogen) atoms. The molecule has 1 aromatic carbocycles. The molecule has 8 heteroatoms. The second-order valence-corrected chi connectivity index (χ2v) is 8.25. The van der Waals surface area contributed by atoms with Crippen molar-refractivity contribution in [2.45, 2.75) is 17.7 Å². The molecule has 2 aliphatic rings. The van der Waals surface area contributed by atoms with Gasteiger partial charge in [0.15, 0.2) is 0 Å². The van der Waals surface area contributed by atoms with E-state index in [2.05, 4.69) is 0 Å². The van der Waals surface area contributed by atoms with Crippen LogP contribution in [0.3, 0.4) is 0 Å². The van der Waals surface area contributed by atoms with Crippen molar-refractivity contribution in [3.05, 3.63) is 24.3 Å². The van der Waals surface area contributed by atoms with E-state index in [9.17, 15) is 13.2 Å². The van der Waals surface area contributed by atoms with Crippen LogP contribution in [0.4, 0.5) is 0 Å². The fraction of sp³-hybridized carbons (Fsp3) is 0.588. The third-order valence-electron chi connectivity index (χ3n) is 4.75. The first-order valence-electron chi connectivity index (χ1n) is 8.53. The van der Waals surface area contributed by atoms with Crippen molar-refractivity contribution >= 4 is 15.9 Å². The molecule has 0 spiro atoms. The molecule has 3 rings (SSSR count). The van der Waals surface area contributed by atoms with E-state index in [1.165, 1.54) is 11.4 Å². The largest absolute Gasteiger partial charge is 0.497 e. The molecule has 138 valence electrons. The zero-order valence-electron chi connectivity index (χ0n) is 14.4. The molecule has 1 amide bonds. The summed E-state index contributed by atoms with van der Waals surface area (Å²) in [5.74, 6) is 0.371. The van der Waals surface area contributed by atoms with E-state index in [4.69, 9.17) is 9.47 Å². The van der Waals surface area contributed by atoms with E-state index in [0.29, 0.717) is 45.0 Å². The normalized spacial score (nSPS) is 22.6. The van der Waals surface area contributed by atoms with Crippen molar-refractivity contribution in [3.63, 3.8) is 0 Å². The van der Waals surface area contributed by atoms with Gasteiger partial charge in [0, 0.05) is 26.2 Å². The minimum absolute atomic E-state index is 0.0398. The maximum atomic E-state index is 12.9. The number of hydrogen-bond acceptors (Lipinski definition) is 5. The zero-order valence-corrected chi connectivity index (χ0v) is 15.2. The lowest BCUT2D eigenvalue weighted by atomic mass is 9.98. The Labute approximate surface area is 148 Å². The van der Waals surface area contributed by atoms with Crippen LogP contribution in [0.25, 0.3) is 0 Å². The summed E-state index contributed by atoms with van der Waals surface area (Å²) in [5.41, 5.74) is 0. The van der Waals surface area contributed by atoms with Gasteiger partial charge >= 0.3 is 0 Å². The van der Waals surface area contributed by atoms with Crippen molar-refractivity contribution < 1.29 is 22.7 Å². The standard InChI is InChI=1S/C17H24N2O5S/c1-23-15-4-6-16(7-5-15)25(21,22)19-8-2-3-14(13-19)17(20)18-9-11-24-12-10-18/h4-7,14H,2-3,8-13H2,1H3/t14-/m0/s1. The molecule has 2 aliphatic heterocycles. The number of methoxy groups -OCH3 is 1. The van der Waals surface area contributed by atoms with E-state index < -0.39 is 10.0 Å². The number of rotatable bonds is 4. The number of piperidine rings is 1. The predicted molar refractivity (Wildman–Crippen MR) is 91.9 cm³/mol. The van der Waals surface area contributed by atoms with Gasteiger partial charge in [0.05, 0.1) is 31.1 Å². The van der Waals surface area contributed by atoms with Gasteiger partial charge < -0.3 is 14.4 Å². The molecule has 0 bridgehead atoms. The Kier molecular flexibility index (Phi) is 5.61. The summed E-state index contributed by atoms with van der Waals surface area (Å²) in [6.45, 7) is 2.95. The molecule has 7 nitrogen and oxygen atoms in total. The highest BCUT2D eigenvalue weighted by atomic mass is 32.2. The number of sulfonamides is 1. The molecule has 0 radical (unpaired) electrons. The Hall–Kier alpha value is -1.64. The summed E-state index contributed by atoms with van der Waals surface area (Å²) in [4.78, 5) is 14.7. The number of amides is 1. The summed E-state index contributed by atoms with van der Waals surface area (Å²) in [7, 11) is -2.06. The van der Waals surface area contributed by atoms with Gasteiger partial charge in [0.1, 0.15) is 5.75 Å². The summed E-state index contributed by atoms with van der Waals surface area (Å²) in [5, 5.41) is 0. The summed E-state index contributed by atoms with van der Waals surface area (Å²) in [6.07, 6.45) is 1.42. The van der Waals surface area contributed by atoms with Gasteiger partial charge in [-0.05, 0) is 37.1 Å². The van der Waals surface area contributed by atoms with E-state index in [1.54, 1.807) is 29.2 Å². The van der Waals surface area contributed by atoms with E-state index in [1.807, 2.05) is 0 Å². The number of carbonyl (C=O) groups excluding carboxylic acids is 1. The smallest absolute Gasteiger partial charge is 0.243 e. The average Bonchev–Trinajstić information content (AvgIpc) is 2.68. The fourth-order valence-electron chi connectivity index (χ4n) is 3.30. The number of morpholine rings is 1. The Bertz CT molecular complexity index is 698. The lowest BCUT2D eigenvalue weighted by Crippen LogP contribution is -2.49. The second-order valence-electron chi connectivity index (χ2n) is 6.32. The molecule has 1 atom stereocenters. The maximum Gasteiger partial charge on any atom is 0.243 e. The second kappa shape index (κ2) is 7.72. The highest BCUT2D eigenvalue weighted by molar-refractivity contribution is 7.89. The van der Waals surface area contributed by atoms with Crippen LogP contribution in [0, 0.1) is 5.92 Å². The van der Waals surface area contributed by atoms with E-state index in [0.717, 1.165) is 6.42 Å². The Morgan fingerprint density at radius 1 is 1.16 bits per heavy atom. The van der Waals surface area contributed by atoms with Gasteiger partial charge in [0.25, 0.3) is 0 Å². The van der Waals surface area contributed by atoms with Crippen LogP contribution in [0.2, 0.25) is 0 Å². The van der Waals surface area contributed by atoms with E-state index in [-0.39, 0.29) is 23.3 Å². The first-order valence-corrected chi connectivity index (χ1v) is 9.97. The molecular formula is C17H24N2O5S. The van der Waals surface area contributed by atoms with Crippen LogP contribution in [0.1, 0.15) is 12.8 Å². The molecular weight excluding hydrogens is 344 g/mol. The maximum absolute atomic E-state index is 12.9. The monoisotopic (exact) mass is 368 g/mol. The van der Waals surface area contributed by atoms with Crippen molar-refractivity contribution in [3.8, 4) is 5.75 Å². The summed E-state index contributed by atoms with van der Waals surface area (Å²) in [6, 6.07) is 6.35. The van der Waals surface area contributed by atoms with Crippen LogP contribution in [-0.4, -0.2) is 70.0 Å². The lowest BCUT2D eigenvalue weighted by Gasteiger charge is -2.35. The van der Waals surface area contributed by atoms with Crippen molar-refractivity contribution in [1.29, 1.82) is 0 Å². The molecule has 2 saturated heterocycles. The SMILES string of the molecule is COc1ccc(S(=O)(=O)N2CCC[C@H](C(=O)N3CCOCC3)C2)cc1. The van der Waals surface area contributed by atoms with Crippen LogP contribution >= 0.6 is 0 Å².